The van der Waals surface area contributed by atoms with Gasteiger partial charge in [0.25, 0.3) is 0 Å². The van der Waals surface area contributed by atoms with Gasteiger partial charge in [0, 0.05) is 10.7 Å². The molecular weight excluding hydrogens is 289 g/mol. The van der Waals surface area contributed by atoms with Gasteiger partial charge in [0.15, 0.2) is 11.4 Å². The molecule has 0 radical (unpaired) electrons. The van der Waals surface area contributed by atoms with Gasteiger partial charge in [0.1, 0.15) is 0 Å². The number of hydrogen-bond acceptors (Lipinski definition) is 3. The Bertz CT molecular complexity index is 797. The number of aromatic nitrogens is 1. The maximum Gasteiger partial charge on any atom is 0.230 e. The predicted molar refractivity (Wildman–Crippen MR) is 65.4 cm³/mol. The summed E-state index contributed by atoms with van der Waals surface area (Å²) in [5.41, 5.74) is -0.204. The van der Waals surface area contributed by atoms with Crippen LogP contribution < -0.4 is 5.43 Å². The molecule has 0 unspecified atom stereocenters. The van der Waals surface area contributed by atoms with Gasteiger partial charge in [-0.3, -0.25) is 4.79 Å². The Morgan fingerprint density at radius 2 is 2.12 bits per heavy atom. The summed E-state index contributed by atoms with van der Waals surface area (Å²) in [6.07, 6.45) is 1.49. The number of nitrogens with zero attached hydrogens (tertiary/aromatic N) is 1. The molecule has 1 aromatic carbocycles. The molecule has 0 bridgehead atoms. The Hall–Kier alpha value is -1.75. The van der Waals surface area contributed by atoms with Crippen molar-refractivity contribution in [2.45, 2.75) is 0 Å². The SMILES string of the molecule is O=c1c2cccnc2oc2c(F)cc(Br)cc12. The molecule has 3 rings (SSSR count). The number of halogens is 2. The van der Waals surface area contributed by atoms with Crippen LogP contribution in [0.3, 0.4) is 0 Å². The smallest absolute Gasteiger partial charge is 0.230 e. The molecule has 0 saturated carbocycles. The van der Waals surface area contributed by atoms with Crippen LogP contribution >= 0.6 is 15.9 Å². The lowest BCUT2D eigenvalue weighted by molar-refractivity contribution is 0.573. The van der Waals surface area contributed by atoms with Crippen LogP contribution in [-0.2, 0) is 0 Å². The monoisotopic (exact) mass is 293 g/mol. The van der Waals surface area contributed by atoms with Crippen LogP contribution in [0.15, 0.2) is 44.1 Å². The Kier molecular flexibility index (Phi) is 2.22. The first-order valence-corrected chi connectivity index (χ1v) is 5.63. The van der Waals surface area contributed by atoms with Gasteiger partial charge in [0.2, 0.25) is 11.1 Å². The maximum absolute atomic E-state index is 13.7. The van der Waals surface area contributed by atoms with E-state index < -0.39 is 5.82 Å². The van der Waals surface area contributed by atoms with Crippen molar-refractivity contribution in [3.8, 4) is 0 Å². The zero-order chi connectivity index (χ0) is 12.0. The normalized spacial score (nSPS) is 11.2. The molecule has 0 aliphatic rings. The third-order valence-electron chi connectivity index (χ3n) is 2.47. The van der Waals surface area contributed by atoms with E-state index in [1.165, 1.54) is 18.3 Å². The fourth-order valence-electron chi connectivity index (χ4n) is 1.72. The predicted octanol–water partition coefficient (Wildman–Crippen LogP) is 3.24. The van der Waals surface area contributed by atoms with Crippen LogP contribution in [0.25, 0.3) is 22.1 Å². The molecule has 0 fully saturated rings. The van der Waals surface area contributed by atoms with Crippen LogP contribution in [0.5, 0.6) is 0 Å². The number of benzene rings is 1. The van der Waals surface area contributed by atoms with Crippen molar-refractivity contribution < 1.29 is 8.81 Å². The maximum atomic E-state index is 13.7. The van der Waals surface area contributed by atoms with Gasteiger partial charge >= 0.3 is 0 Å². The van der Waals surface area contributed by atoms with E-state index in [9.17, 15) is 9.18 Å². The molecule has 2 heterocycles. The molecule has 0 aliphatic carbocycles. The van der Waals surface area contributed by atoms with Crippen molar-refractivity contribution in [2.75, 3.05) is 0 Å². The highest BCUT2D eigenvalue weighted by Crippen LogP contribution is 2.23. The van der Waals surface area contributed by atoms with Gasteiger partial charge in [-0.25, -0.2) is 9.37 Å². The molecule has 84 valence electrons. The second-order valence-electron chi connectivity index (χ2n) is 3.55. The van der Waals surface area contributed by atoms with E-state index in [1.54, 1.807) is 12.1 Å². The molecule has 0 N–H and O–H groups in total. The summed E-state index contributed by atoms with van der Waals surface area (Å²) in [5, 5.41) is 0.551. The van der Waals surface area contributed by atoms with Crippen molar-refractivity contribution >= 4 is 38.0 Å². The summed E-state index contributed by atoms with van der Waals surface area (Å²) in [7, 11) is 0. The van der Waals surface area contributed by atoms with E-state index >= 15 is 0 Å². The standard InChI is InChI=1S/C12H5BrFNO2/c13-6-4-8-10(16)7-2-1-3-15-12(7)17-11(8)9(14)5-6/h1-5H. The number of pyridine rings is 1. The van der Waals surface area contributed by atoms with Crippen molar-refractivity contribution in [3.05, 3.63) is 51.0 Å². The number of hydrogen-bond donors (Lipinski definition) is 0. The van der Waals surface area contributed by atoms with E-state index in [1.807, 2.05) is 0 Å². The summed E-state index contributed by atoms with van der Waals surface area (Å²) in [6, 6.07) is 6.03. The summed E-state index contributed by atoms with van der Waals surface area (Å²) >= 11 is 3.15. The average Bonchev–Trinajstić information content (AvgIpc) is 2.31. The van der Waals surface area contributed by atoms with Crippen LogP contribution in [0.1, 0.15) is 0 Å². The molecular formula is C12H5BrFNO2. The fourth-order valence-corrected chi connectivity index (χ4v) is 2.15. The lowest BCUT2D eigenvalue weighted by atomic mass is 10.2. The quantitative estimate of drug-likeness (QED) is 0.598. The minimum atomic E-state index is -0.584. The molecule has 0 amide bonds. The zero-order valence-corrected chi connectivity index (χ0v) is 9.99. The first-order chi connectivity index (χ1) is 8.16. The molecule has 0 spiro atoms. The van der Waals surface area contributed by atoms with Gasteiger partial charge in [-0.1, -0.05) is 15.9 Å². The van der Waals surface area contributed by atoms with Crippen LogP contribution in [0.4, 0.5) is 4.39 Å². The third kappa shape index (κ3) is 1.54. The topological polar surface area (TPSA) is 43.1 Å². The zero-order valence-electron chi connectivity index (χ0n) is 8.41. The van der Waals surface area contributed by atoms with E-state index in [4.69, 9.17) is 4.42 Å². The minimum Gasteiger partial charge on any atom is -0.434 e. The average molecular weight is 294 g/mol. The molecule has 0 saturated heterocycles. The van der Waals surface area contributed by atoms with Crippen molar-refractivity contribution in [1.29, 1.82) is 0 Å². The lowest BCUT2D eigenvalue weighted by Crippen LogP contribution is -2.03. The molecule has 0 aliphatic heterocycles. The van der Waals surface area contributed by atoms with Gasteiger partial charge in [0.05, 0.1) is 10.8 Å². The molecule has 17 heavy (non-hydrogen) atoms. The van der Waals surface area contributed by atoms with Gasteiger partial charge < -0.3 is 4.42 Å². The largest absolute Gasteiger partial charge is 0.434 e. The van der Waals surface area contributed by atoms with E-state index in [-0.39, 0.29) is 22.1 Å². The Balaban J connectivity index is 2.64. The number of fused-ring (bicyclic) bond motifs is 2. The molecule has 0 atom stereocenters. The van der Waals surface area contributed by atoms with E-state index in [0.29, 0.717) is 9.86 Å². The third-order valence-corrected chi connectivity index (χ3v) is 2.93. The van der Waals surface area contributed by atoms with Crippen LogP contribution in [-0.4, -0.2) is 4.98 Å². The summed E-state index contributed by atoms with van der Waals surface area (Å²) in [6.45, 7) is 0. The molecule has 3 aromatic rings. The highest BCUT2D eigenvalue weighted by atomic mass is 79.9. The molecule has 2 aromatic heterocycles. The second-order valence-corrected chi connectivity index (χ2v) is 4.47. The Labute approximate surface area is 103 Å². The Morgan fingerprint density at radius 3 is 2.94 bits per heavy atom. The molecule has 3 nitrogen and oxygen atoms in total. The lowest BCUT2D eigenvalue weighted by Gasteiger charge is -2.01. The summed E-state index contributed by atoms with van der Waals surface area (Å²) < 4.78 is 19.5. The first kappa shape index (κ1) is 10.4. The van der Waals surface area contributed by atoms with E-state index in [2.05, 4.69) is 20.9 Å². The number of rotatable bonds is 0. The van der Waals surface area contributed by atoms with Gasteiger partial charge in [-0.05, 0) is 24.3 Å². The highest BCUT2D eigenvalue weighted by Gasteiger charge is 2.12. The van der Waals surface area contributed by atoms with Gasteiger partial charge in [-0.15, -0.1) is 0 Å². The van der Waals surface area contributed by atoms with Crippen molar-refractivity contribution in [2.24, 2.45) is 0 Å². The second kappa shape index (κ2) is 3.63. The fraction of sp³-hybridized carbons (Fsp3) is 0. The van der Waals surface area contributed by atoms with E-state index in [0.717, 1.165) is 0 Å². The van der Waals surface area contributed by atoms with Crippen LogP contribution in [0, 0.1) is 5.82 Å². The highest BCUT2D eigenvalue weighted by molar-refractivity contribution is 9.10. The summed E-state index contributed by atoms with van der Waals surface area (Å²) in [4.78, 5) is 16.0. The van der Waals surface area contributed by atoms with Crippen molar-refractivity contribution in [3.63, 3.8) is 0 Å². The molecule has 5 heteroatoms. The summed E-state index contributed by atoms with van der Waals surface area (Å²) in [5.74, 6) is -0.584. The Morgan fingerprint density at radius 1 is 1.29 bits per heavy atom. The van der Waals surface area contributed by atoms with Crippen molar-refractivity contribution in [1.82, 2.24) is 4.98 Å². The van der Waals surface area contributed by atoms with Crippen LogP contribution in [0.2, 0.25) is 0 Å². The van der Waals surface area contributed by atoms with Gasteiger partial charge in [-0.2, -0.15) is 0 Å². The first-order valence-electron chi connectivity index (χ1n) is 4.83. The minimum absolute atomic E-state index is 0.0654.